The van der Waals surface area contributed by atoms with E-state index >= 15 is 0 Å². The molecule has 0 amide bonds. The Morgan fingerprint density at radius 2 is 1.44 bits per heavy atom. The summed E-state index contributed by atoms with van der Waals surface area (Å²) in [5.74, 6) is 0. The van der Waals surface area contributed by atoms with Gasteiger partial charge in [-0.1, -0.05) is 0 Å². The molecular weight excluding hydrogens is 397 g/mol. The molecule has 2 atom stereocenters. The zero-order valence-corrected chi connectivity index (χ0v) is 13.2. The van der Waals surface area contributed by atoms with Crippen LogP contribution in [0.2, 0.25) is 0 Å². The van der Waals surface area contributed by atoms with E-state index in [9.17, 15) is 44.6 Å². The maximum Gasteiger partial charge on any atom is 0.435 e. The minimum atomic E-state index is -6.73. The zero-order valence-electron chi connectivity index (χ0n) is 12.4. The molecule has 3 nitrogen and oxygen atoms in total. The Kier molecular flexibility index (Phi) is 5.97. The Morgan fingerprint density at radius 1 is 0.960 bits per heavy atom. The van der Waals surface area contributed by atoms with Crippen LogP contribution in [0.1, 0.15) is 19.3 Å². The van der Waals surface area contributed by atoms with Crippen LogP contribution in [0.25, 0.3) is 0 Å². The van der Waals surface area contributed by atoms with Gasteiger partial charge in [-0.15, -0.1) is 12.4 Å². The van der Waals surface area contributed by atoms with Crippen molar-refractivity contribution in [2.24, 2.45) is 0 Å². The van der Waals surface area contributed by atoms with E-state index < -0.39 is 55.3 Å². The van der Waals surface area contributed by atoms with Crippen LogP contribution in [0.15, 0.2) is 0 Å². The highest BCUT2D eigenvalue weighted by atomic mass is 35.5. The van der Waals surface area contributed by atoms with Crippen molar-refractivity contribution in [1.82, 2.24) is 4.90 Å². The quantitative estimate of drug-likeness (QED) is 0.722. The lowest BCUT2D eigenvalue weighted by molar-refractivity contribution is -0.463. The molecule has 13 heteroatoms. The van der Waals surface area contributed by atoms with Gasteiger partial charge >= 0.3 is 24.1 Å². The number of hydrogen-bond acceptors (Lipinski definition) is 3. The van der Waals surface area contributed by atoms with Gasteiger partial charge in [-0.3, -0.25) is 4.90 Å². The topological polar surface area (TPSA) is 32.7 Å². The molecule has 0 radical (unpaired) electrons. The van der Waals surface area contributed by atoms with E-state index in [4.69, 9.17) is 0 Å². The molecule has 0 aromatic rings. The van der Waals surface area contributed by atoms with Crippen molar-refractivity contribution in [2.75, 3.05) is 19.7 Å². The lowest BCUT2D eigenvalue weighted by atomic mass is 9.93. The largest absolute Gasteiger partial charge is 0.435 e. The number of aliphatic hydroxyl groups excluding tert-OH is 1. The Morgan fingerprint density at radius 3 is 1.80 bits per heavy atom. The smallest absolute Gasteiger partial charge is 0.394 e. The summed E-state index contributed by atoms with van der Waals surface area (Å²) < 4.78 is 119. The molecule has 0 unspecified atom stereocenters. The maximum atomic E-state index is 12.9. The van der Waals surface area contributed by atoms with Crippen LogP contribution in [-0.4, -0.2) is 65.5 Å². The molecule has 0 bridgehead atoms. The van der Waals surface area contributed by atoms with Crippen molar-refractivity contribution >= 4 is 12.4 Å². The summed E-state index contributed by atoms with van der Waals surface area (Å²) in [7, 11) is 0. The van der Waals surface area contributed by atoms with Gasteiger partial charge < -0.3 is 9.84 Å². The zero-order chi connectivity index (χ0) is 18.6. The maximum absolute atomic E-state index is 12.9. The summed E-state index contributed by atoms with van der Waals surface area (Å²) in [6.07, 6.45) is -21.9. The number of halogens is 10. The average molecular weight is 412 g/mol. The molecule has 0 aromatic heterocycles. The summed E-state index contributed by atoms with van der Waals surface area (Å²) in [6, 6.07) is 0. The van der Waals surface area contributed by atoms with E-state index in [1.165, 1.54) is 4.90 Å². The van der Waals surface area contributed by atoms with Crippen LogP contribution in [-0.2, 0) is 4.74 Å². The number of rotatable bonds is 3. The van der Waals surface area contributed by atoms with Crippen LogP contribution >= 0.6 is 12.4 Å². The molecule has 0 aliphatic carbocycles. The predicted molar refractivity (Wildman–Crippen MR) is 68.3 cm³/mol. The molecular formula is C12H15ClF9NO2. The van der Waals surface area contributed by atoms with Gasteiger partial charge in [0.1, 0.15) is 0 Å². The first-order valence-electron chi connectivity index (χ1n) is 6.94. The van der Waals surface area contributed by atoms with Crippen molar-refractivity contribution in [2.45, 2.75) is 55.0 Å². The Balaban J connectivity index is 0.00000312. The van der Waals surface area contributed by atoms with Crippen LogP contribution < -0.4 is 0 Å². The molecule has 25 heavy (non-hydrogen) atoms. The summed E-state index contributed by atoms with van der Waals surface area (Å²) in [5, 5.41) is 9.36. The monoisotopic (exact) mass is 411 g/mol. The van der Waals surface area contributed by atoms with Gasteiger partial charge in [0.05, 0.1) is 12.7 Å². The van der Waals surface area contributed by atoms with Gasteiger partial charge in [-0.05, 0) is 25.8 Å². The van der Waals surface area contributed by atoms with Gasteiger partial charge in [-0.25, -0.2) is 0 Å². The third-order valence-corrected chi connectivity index (χ3v) is 4.61. The molecule has 1 N–H and O–H groups in total. The lowest BCUT2D eigenvalue weighted by Gasteiger charge is -2.39. The highest BCUT2D eigenvalue weighted by Gasteiger charge is 2.86. The van der Waals surface area contributed by atoms with E-state index in [0.717, 1.165) is 0 Å². The molecule has 2 heterocycles. The first kappa shape index (κ1) is 22.6. The Bertz CT molecular complexity index is 443. The summed E-state index contributed by atoms with van der Waals surface area (Å²) in [4.78, 5) is 1.38. The molecule has 2 saturated heterocycles. The third-order valence-electron chi connectivity index (χ3n) is 4.61. The molecule has 2 rings (SSSR count). The minimum absolute atomic E-state index is 0. The SMILES string of the molecule is Cl.OC[C@@]12CCCN1C[C@@H](OC(C(F)(F)F)(C(F)(F)F)C(F)(F)F)C2. The average Bonchev–Trinajstić information content (AvgIpc) is 2.87. The normalized spacial score (nSPS) is 28.8. The molecule has 2 fully saturated rings. The second kappa shape index (κ2) is 6.61. The van der Waals surface area contributed by atoms with Gasteiger partial charge in [0.15, 0.2) is 0 Å². The number of fused-ring (bicyclic) bond motifs is 1. The number of ether oxygens (including phenoxy) is 1. The van der Waals surface area contributed by atoms with E-state index in [2.05, 4.69) is 4.74 Å². The molecule has 0 spiro atoms. The Labute approximate surface area is 142 Å². The van der Waals surface area contributed by atoms with Gasteiger partial charge in [-0.2, -0.15) is 39.5 Å². The van der Waals surface area contributed by atoms with E-state index in [1.54, 1.807) is 0 Å². The van der Waals surface area contributed by atoms with Crippen LogP contribution in [0.3, 0.4) is 0 Å². The predicted octanol–water partition coefficient (Wildman–Crippen LogP) is 3.45. The van der Waals surface area contributed by atoms with Crippen LogP contribution in [0, 0.1) is 0 Å². The fourth-order valence-corrected chi connectivity index (χ4v) is 3.50. The van der Waals surface area contributed by atoms with Crippen molar-refractivity contribution in [3.63, 3.8) is 0 Å². The molecule has 150 valence electrons. The van der Waals surface area contributed by atoms with Crippen molar-refractivity contribution in [3.05, 3.63) is 0 Å². The summed E-state index contributed by atoms with van der Waals surface area (Å²) >= 11 is 0. The fourth-order valence-electron chi connectivity index (χ4n) is 3.50. The van der Waals surface area contributed by atoms with Crippen molar-refractivity contribution < 1.29 is 49.4 Å². The minimum Gasteiger partial charge on any atom is -0.394 e. The standard InChI is InChI=1S/C12H14F9NO2.ClH/c13-10(14,15)9(11(16,17)18,12(19,20)21)24-7-4-8(6-23)2-1-3-22(8)5-7;/h7,23H,1-6H2;1H/t7-,8-;/m0./s1. The second-order valence-corrected chi connectivity index (χ2v) is 6.05. The highest BCUT2D eigenvalue weighted by Crippen LogP contribution is 2.56. The first-order valence-corrected chi connectivity index (χ1v) is 6.94. The van der Waals surface area contributed by atoms with E-state index in [0.29, 0.717) is 6.42 Å². The third kappa shape index (κ3) is 3.42. The highest BCUT2D eigenvalue weighted by molar-refractivity contribution is 5.85. The van der Waals surface area contributed by atoms with Gasteiger partial charge in [0.25, 0.3) is 0 Å². The van der Waals surface area contributed by atoms with Crippen molar-refractivity contribution in [3.8, 4) is 0 Å². The molecule has 2 aliphatic rings. The van der Waals surface area contributed by atoms with Crippen LogP contribution in [0.5, 0.6) is 0 Å². The molecule has 2 aliphatic heterocycles. The van der Waals surface area contributed by atoms with Crippen LogP contribution in [0.4, 0.5) is 39.5 Å². The molecule has 0 saturated carbocycles. The van der Waals surface area contributed by atoms with E-state index in [1.807, 2.05) is 0 Å². The molecule has 0 aromatic carbocycles. The van der Waals surface area contributed by atoms with E-state index in [-0.39, 0.29) is 25.4 Å². The number of nitrogens with zero attached hydrogens (tertiary/aromatic N) is 1. The lowest BCUT2D eigenvalue weighted by Crippen LogP contribution is -2.68. The second-order valence-electron chi connectivity index (χ2n) is 6.05. The Hall–Kier alpha value is -0.460. The summed E-state index contributed by atoms with van der Waals surface area (Å²) in [5.41, 5.74) is -7.38. The first-order chi connectivity index (χ1) is 10.7. The van der Waals surface area contributed by atoms with Gasteiger partial charge in [0, 0.05) is 12.1 Å². The number of alkyl halides is 9. The fraction of sp³-hybridized carbons (Fsp3) is 1.00. The van der Waals surface area contributed by atoms with Crippen molar-refractivity contribution in [1.29, 1.82) is 0 Å². The number of aliphatic hydroxyl groups is 1. The van der Waals surface area contributed by atoms with Gasteiger partial charge in [0.2, 0.25) is 0 Å². The summed E-state index contributed by atoms with van der Waals surface area (Å²) in [6.45, 7) is -0.855. The number of hydrogen-bond donors (Lipinski definition) is 1.